The summed E-state index contributed by atoms with van der Waals surface area (Å²) in [5.41, 5.74) is 0.803. The number of carbonyl (C=O) groups excluding carboxylic acids is 1. The minimum absolute atomic E-state index is 0.0254. The van der Waals surface area contributed by atoms with E-state index in [1.165, 1.54) is 0 Å². The SMILES string of the molecule is COCCOCC(=O)N1CC(Oc2cccc(-c3nc(C)no3)c2)C1. The maximum Gasteiger partial charge on any atom is 0.258 e. The summed E-state index contributed by atoms with van der Waals surface area (Å²) in [5.74, 6) is 1.72. The van der Waals surface area contributed by atoms with Gasteiger partial charge in [0.2, 0.25) is 5.91 Å². The van der Waals surface area contributed by atoms with Crippen LogP contribution in [0, 0.1) is 6.92 Å². The van der Waals surface area contributed by atoms with Crippen LogP contribution in [0.2, 0.25) is 0 Å². The standard InChI is InChI=1S/C17H21N3O5/c1-12-18-17(25-19-12)13-4-3-5-14(8-13)24-15-9-20(10-15)16(21)11-23-7-6-22-2/h3-5,8,15H,6-7,9-11H2,1-2H3. The van der Waals surface area contributed by atoms with Crippen LogP contribution in [0.25, 0.3) is 11.5 Å². The second-order valence-electron chi connectivity index (χ2n) is 5.76. The van der Waals surface area contributed by atoms with Gasteiger partial charge in [0.15, 0.2) is 5.82 Å². The Hall–Kier alpha value is -2.45. The Kier molecular flexibility index (Phi) is 5.62. The van der Waals surface area contributed by atoms with Crippen LogP contribution in [0.3, 0.4) is 0 Å². The number of hydrogen-bond acceptors (Lipinski definition) is 7. The van der Waals surface area contributed by atoms with Gasteiger partial charge in [-0.25, -0.2) is 0 Å². The van der Waals surface area contributed by atoms with E-state index in [2.05, 4.69) is 10.1 Å². The van der Waals surface area contributed by atoms with Crippen molar-refractivity contribution in [3.05, 3.63) is 30.1 Å². The first-order chi connectivity index (χ1) is 12.2. The molecule has 0 unspecified atom stereocenters. The number of hydrogen-bond donors (Lipinski definition) is 0. The molecule has 0 N–H and O–H groups in total. The molecule has 2 heterocycles. The molecule has 1 fully saturated rings. The van der Waals surface area contributed by atoms with E-state index in [0.29, 0.717) is 43.8 Å². The molecule has 1 saturated heterocycles. The highest BCUT2D eigenvalue weighted by Gasteiger charge is 2.32. The number of methoxy groups -OCH3 is 1. The zero-order valence-corrected chi connectivity index (χ0v) is 14.3. The molecule has 25 heavy (non-hydrogen) atoms. The van der Waals surface area contributed by atoms with Gasteiger partial charge < -0.3 is 23.6 Å². The summed E-state index contributed by atoms with van der Waals surface area (Å²) in [6, 6.07) is 7.47. The van der Waals surface area contributed by atoms with E-state index in [9.17, 15) is 4.79 Å². The lowest BCUT2D eigenvalue weighted by Gasteiger charge is -2.38. The first-order valence-corrected chi connectivity index (χ1v) is 8.07. The number of aromatic nitrogens is 2. The Bertz CT molecular complexity index is 712. The molecule has 0 spiro atoms. The smallest absolute Gasteiger partial charge is 0.258 e. The molecule has 0 bridgehead atoms. The molecule has 8 heteroatoms. The van der Waals surface area contributed by atoms with Gasteiger partial charge >= 0.3 is 0 Å². The minimum atomic E-state index is -0.0361. The molecule has 8 nitrogen and oxygen atoms in total. The van der Waals surface area contributed by atoms with Crippen LogP contribution in [0.5, 0.6) is 5.75 Å². The van der Waals surface area contributed by atoms with Crippen LogP contribution in [0.15, 0.2) is 28.8 Å². The molecule has 0 radical (unpaired) electrons. The Balaban J connectivity index is 1.46. The Morgan fingerprint density at radius 3 is 2.92 bits per heavy atom. The van der Waals surface area contributed by atoms with Crippen molar-refractivity contribution in [3.8, 4) is 17.2 Å². The van der Waals surface area contributed by atoms with Crippen LogP contribution in [0.1, 0.15) is 5.82 Å². The maximum atomic E-state index is 11.9. The van der Waals surface area contributed by atoms with Gasteiger partial charge in [-0.15, -0.1) is 0 Å². The minimum Gasteiger partial charge on any atom is -0.487 e. The van der Waals surface area contributed by atoms with Gasteiger partial charge in [-0.1, -0.05) is 11.2 Å². The van der Waals surface area contributed by atoms with Crippen molar-refractivity contribution in [1.82, 2.24) is 15.0 Å². The summed E-state index contributed by atoms with van der Waals surface area (Å²) in [4.78, 5) is 17.8. The number of aryl methyl sites for hydroxylation is 1. The molecular formula is C17H21N3O5. The summed E-state index contributed by atoms with van der Waals surface area (Å²) in [5, 5.41) is 3.79. The first kappa shape index (κ1) is 17.4. The zero-order chi connectivity index (χ0) is 17.6. The number of ether oxygens (including phenoxy) is 3. The van der Waals surface area contributed by atoms with Crippen molar-refractivity contribution in [3.63, 3.8) is 0 Å². The average Bonchev–Trinajstić information content (AvgIpc) is 3.01. The zero-order valence-electron chi connectivity index (χ0n) is 14.3. The van der Waals surface area contributed by atoms with E-state index in [1.807, 2.05) is 24.3 Å². The first-order valence-electron chi connectivity index (χ1n) is 8.07. The predicted octanol–water partition coefficient (Wildman–Crippen LogP) is 1.30. The molecule has 1 aromatic carbocycles. The molecule has 0 atom stereocenters. The van der Waals surface area contributed by atoms with Crippen molar-refractivity contribution >= 4 is 5.91 Å². The third-order valence-corrected chi connectivity index (χ3v) is 3.77. The number of carbonyl (C=O) groups is 1. The van der Waals surface area contributed by atoms with Crippen LogP contribution in [0.4, 0.5) is 0 Å². The highest BCUT2D eigenvalue weighted by Crippen LogP contribution is 2.24. The van der Waals surface area contributed by atoms with Gasteiger partial charge in [-0.05, 0) is 25.1 Å². The third-order valence-electron chi connectivity index (χ3n) is 3.77. The molecule has 0 saturated carbocycles. The van der Waals surface area contributed by atoms with Crippen molar-refractivity contribution in [2.45, 2.75) is 13.0 Å². The summed E-state index contributed by atoms with van der Waals surface area (Å²) >= 11 is 0. The fourth-order valence-corrected chi connectivity index (χ4v) is 2.42. The third kappa shape index (κ3) is 4.55. The van der Waals surface area contributed by atoms with E-state index in [1.54, 1.807) is 18.9 Å². The van der Waals surface area contributed by atoms with Crippen molar-refractivity contribution in [2.75, 3.05) is 40.0 Å². The number of rotatable bonds is 8. The summed E-state index contributed by atoms with van der Waals surface area (Å²) in [7, 11) is 1.59. The largest absolute Gasteiger partial charge is 0.487 e. The Labute approximate surface area is 145 Å². The van der Waals surface area contributed by atoms with E-state index >= 15 is 0 Å². The average molecular weight is 347 g/mol. The van der Waals surface area contributed by atoms with Crippen LogP contribution in [-0.4, -0.2) is 67.1 Å². The molecule has 134 valence electrons. The van der Waals surface area contributed by atoms with E-state index in [-0.39, 0.29) is 18.6 Å². The summed E-state index contributed by atoms with van der Waals surface area (Å²) in [6.45, 7) is 3.84. The number of likely N-dealkylation sites (tertiary alicyclic amines) is 1. The fourth-order valence-electron chi connectivity index (χ4n) is 2.42. The number of nitrogens with zero attached hydrogens (tertiary/aromatic N) is 3. The van der Waals surface area contributed by atoms with Crippen LogP contribution in [-0.2, 0) is 14.3 Å². The molecule has 3 rings (SSSR count). The number of amides is 1. The lowest BCUT2D eigenvalue weighted by atomic mass is 10.1. The van der Waals surface area contributed by atoms with Crippen molar-refractivity contribution < 1.29 is 23.5 Å². The van der Waals surface area contributed by atoms with Gasteiger partial charge in [0.05, 0.1) is 26.3 Å². The van der Waals surface area contributed by atoms with Gasteiger partial charge in [-0.3, -0.25) is 4.79 Å². The fraction of sp³-hybridized carbons (Fsp3) is 0.471. The summed E-state index contributed by atoms with van der Waals surface area (Å²) < 4.78 is 21.2. The normalized spacial score (nSPS) is 14.4. The quantitative estimate of drug-likeness (QED) is 0.665. The summed E-state index contributed by atoms with van der Waals surface area (Å²) in [6.07, 6.45) is -0.0254. The molecule has 1 aliphatic rings. The van der Waals surface area contributed by atoms with E-state index < -0.39 is 0 Å². The van der Waals surface area contributed by atoms with Crippen molar-refractivity contribution in [1.29, 1.82) is 0 Å². The molecule has 1 aromatic heterocycles. The maximum absolute atomic E-state index is 11.9. The molecule has 1 amide bonds. The highest BCUT2D eigenvalue weighted by molar-refractivity contribution is 5.78. The van der Waals surface area contributed by atoms with Crippen LogP contribution < -0.4 is 4.74 Å². The van der Waals surface area contributed by atoms with Crippen LogP contribution >= 0.6 is 0 Å². The van der Waals surface area contributed by atoms with Crippen molar-refractivity contribution in [2.24, 2.45) is 0 Å². The number of benzene rings is 1. The van der Waals surface area contributed by atoms with Gasteiger partial charge in [0.25, 0.3) is 5.89 Å². The lowest BCUT2D eigenvalue weighted by molar-refractivity contribution is -0.145. The monoisotopic (exact) mass is 347 g/mol. The topological polar surface area (TPSA) is 86.9 Å². The van der Waals surface area contributed by atoms with E-state index in [0.717, 1.165) is 5.56 Å². The van der Waals surface area contributed by atoms with E-state index in [4.69, 9.17) is 18.7 Å². The molecule has 0 aliphatic carbocycles. The Morgan fingerprint density at radius 1 is 1.36 bits per heavy atom. The lowest BCUT2D eigenvalue weighted by Crippen LogP contribution is -2.57. The predicted molar refractivity (Wildman–Crippen MR) is 88.2 cm³/mol. The van der Waals surface area contributed by atoms with Gasteiger partial charge in [-0.2, -0.15) is 4.98 Å². The molecule has 2 aromatic rings. The molecule has 1 aliphatic heterocycles. The van der Waals surface area contributed by atoms with Gasteiger partial charge in [0, 0.05) is 12.7 Å². The second kappa shape index (κ2) is 8.09. The Morgan fingerprint density at radius 2 is 2.20 bits per heavy atom. The molecular weight excluding hydrogens is 326 g/mol. The second-order valence-corrected chi connectivity index (χ2v) is 5.76. The highest BCUT2D eigenvalue weighted by atomic mass is 16.5. The van der Waals surface area contributed by atoms with Gasteiger partial charge in [0.1, 0.15) is 18.5 Å².